The number of methoxy groups -OCH3 is 1. The number of anilines is 1. The van der Waals surface area contributed by atoms with Gasteiger partial charge in [-0.05, 0) is 64.3 Å². The molecule has 0 aromatic heterocycles. The van der Waals surface area contributed by atoms with Gasteiger partial charge in [-0.1, -0.05) is 23.6 Å². The summed E-state index contributed by atoms with van der Waals surface area (Å²) in [5.41, 5.74) is 1.26. The number of nitrogens with zero attached hydrogens (tertiary/aromatic N) is 1. The fourth-order valence-electron chi connectivity index (χ4n) is 2.86. The number of imide groups is 2. The zero-order valence-electron chi connectivity index (χ0n) is 16.5. The van der Waals surface area contributed by atoms with Gasteiger partial charge in [-0.25, -0.2) is 9.69 Å². The molecule has 2 aromatic rings. The predicted molar refractivity (Wildman–Crippen MR) is 120 cm³/mol. The van der Waals surface area contributed by atoms with Crippen molar-refractivity contribution >= 4 is 57.1 Å². The Kier molecular flexibility index (Phi) is 6.68. The van der Waals surface area contributed by atoms with Gasteiger partial charge in [0, 0.05) is 5.02 Å². The molecule has 1 aliphatic heterocycles. The predicted octanol–water partition coefficient (Wildman–Crippen LogP) is 4.10. The highest BCUT2D eigenvalue weighted by molar-refractivity contribution is 9.10. The summed E-state index contributed by atoms with van der Waals surface area (Å²) in [5.74, 6) is 1.50. The summed E-state index contributed by atoms with van der Waals surface area (Å²) in [6, 6.07) is 7.08. The van der Waals surface area contributed by atoms with Gasteiger partial charge in [0.2, 0.25) is 0 Å². The van der Waals surface area contributed by atoms with E-state index in [0.717, 1.165) is 10.5 Å². The van der Waals surface area contributed by atoms with E-state index >= 15 is 0 Å². The maximum absolute atomic E-state index is 13.0. The van der Waals surface area contributed by atoms with E-state index in [1.165, 1.54) is 19.3 Å². The Bertz CT molecular complexity index is 1170. The smallest absolute Gasteiger partial charge is 0.335 e. The first-order valence-corrected chi connectivity index (χ1v) is 10.0. The zero-order chi connectivity index (χ0) is 22.7. The molecular weight excluding hydrogens is 488 g/mol. The number of hydrogen-bond acceptors (Lipinski definition) is 5. The number of amides is 4. The van der Waals surface area contributed by atoms with Gasteiger partial charge in [0.15, 0.2) is 11.5 Å². The molecule has 31 heavy (non-hydrogen) atoms. The van der Waals surface area contributed by atoms with Crippen LogP contribution in [0.4, 0.5) is 10.5 Å². The van der Waals surface area contributed by atoms with Crippen molar-refractivity contribution in [2.24, 2.45) is 0 Å². The molecule has 0 aliphatic carbocycles. The summed E-state index contributed by atoms with van der Waals surface area (Å²) in [6.07, 6.45) is 6.58. The number of carbonyl (C=O) groups excluding carboxylic acids is 3. The van der Waals surface area contributed by atoms with Gasteiger partial charge < -0.3 is 9.47 Å². The average molecular weight is 504 g/mol. The second-order valence-electron chi connectivity index (χ2n) is 6.42. The molecule has 2 aromatic carbocycles. The molecule has 1 aliphatic rings. The van der Waals surface area contributed by atoms with Gasteiger partial charge in [0.05, 0.1) is 17.3 Å². The Labute approximate surface area is 192 Å². The Morgan fingerprint density at radius 3 is 2.65 bits per heavy atom. The van der Waals surface area contributed by atoms with Crippen molar-refractivity contribution in [1.29, 1.82) is 0 Å². The fraction of sp³-hybridized carbons (Fsp3) is 0.136. The van der Waals surface area contributed by atoms with E-state index in [4.69, 9.17) is 27.5 Å². The fourth-order valence-corrected chi connectivity index (χ4v) is 3.61. The summed E-state index contributed by atoms with van der Waals surface area (Å²) in [5, 5.41) is 2.56. The van der Waals surface area contributed by atoms with E-state index in [0.29, 0.717) is 26.6 Å². The molecule has 4 amide bonds. The Morgan fingerprint density at radius 2 is 2.00 bits per heavy atom. The lowest BCUT2D eigenvalue weighted by Crippen LogP contribution is -2.54. The maximum Gasteiger partial charge on any atom is 0.335 e. The molecule has 0 atom stereocenters. The third-order valence-corrected chi connectivity index (χ3v) is 5.37. The highest BCUT2D eigenvalue weighted by Crippen LogP contribution is 2.37. The third-order valence-electron chi connectivity index (χ3n) is 4.38. The topological polar surface area (TPSA) is 84.9 Å². The normalized spacial score (nSPS) is 15.0. The maximum atomic E-state index is 13.0. The van der Waals surface area contributed by atoms with Gasteiger partial charge in [-0.15, -0.1) is 6.42 Å². The number of hydrogen-bond donors (Lipinski definition) is 1. The summed E-state index contributed by atoms with van der Waals surface area (Å²) in [6.45, 7) is 1.83. The quantitative estimate of drug-likeness (QED) is 0.377. The van der Waals surface area contributed by atoms with Crippen LogP contribution in [0.15, 0.2) is 40.4 Å². The first-order valence-electron chi connectivity index (χ1n) is 8.88. The number of nitrogens with one attached hydrogen (secondary N) is 1. The largest absolute Gasteiger partial charge is 0.493 e. The van der Waals surface area contributed by atoms with Crippen molar-refractivity contribution in [3.8, 4) is 23.8 Å². The number of halogens is 2. The molecule has 1 N–H and O–H groups in total. The molecule has 0 unspecified atom stereocenters. The van der Waals surface area contributed by atoms with Crippen molar-refractivity contribution in [1.82, 2.24) is 5.32 Å². The molecule has 9 heteroatoms. The van der Waals surface area contributed by atoms with Gasteiger partial charge >= 0.3 is 6.03 Å². The highest BCUT2D eigenvalue weighted by atomic mass is 79.9. The van der Waals surface area contributed by atoms with Crippen molar-refractivity contribution in [2.75, 3.05) is 18.6 Å². The number of terminal acetylenes is 1. The van der Waals surface area contributed by atoms with Crippen molar-refractivity contribution in [2.45, 2.75) is 6.92 Å². The monoisotopic (exact) mass is 502 g/mol. The molecule has 1 fully saturated rings. The second-order valence-corrected chi connectivity index (χ2v) is 7.68. The zero-order valence-corrected chi connectivity index (χ0v) is 18.8. The standard InChI is InChI=1S/C22H16BrClN2O5/c1-4-7-31-19-16(23)9-13(10-18(19)30-3)8-15-20(27)25-22(29)26(21(15)28)14-6-5-12(2)17(24)11-14/h1,5-6,8-11H,7H2,2-3H3,(H,25,27,29)/b15-8-. The first-order chi connectivity index (χ1) is 14.8. The summed E-state index contributed by atoms with van der Waals surface area (Å²) in [4.78, 5) is 38.6. The van der Waals surface area contributed by atoms with Crippen LogP contribution in [0.25, 0.3) is 6.08 Å². The van der Waals surface area contributed by atoms with E-state index in [1.807, 2.05) is 0 Å². The van der Waals surface area contributed by atoms with E-state index < -0.39 is 17.8 Å². The molecule has 1 saturated heterocycles. The Morgan fingerprint density at radius 1 is 1.26 bits per heavy atom. The Balaban J connectivity index is 2.03. The van der Waals surface area contributed by atoms with Crippen LogP contribution in [0.1, 0.15) is 11.1 Å². The van der Waals surface area contributed by atoms with Crippen molar-refractivity contribution < 1.29 is 23.9 Å². The highest BCUT2D eigenvalue weighted by Gasteiger charge is 2.37. The van der Waals surface area contributed by atoms with Crippen LogP contribution in [-0.4, -0.2) is 31.6 Å². The van der Waals surface area contributed by atoms with E-state index in [9.17, 15) is 14.4 Å². The third kappa shape index (κ3) is 4.58. The molecular formula is C22H16BrClN2O5. The molecule has 0 radical (unpaired) electrons. The van der Waals surface area contributed by atoms with Crippen LogP contribution < -0.4 is 19.7 Å². The van der Waals surface area contributed by atoms with Gasteiger partial charge in [0.25, 0.3) is 11.8 Å². The van der Waals surface area contributed by atoms with Crippen LogP contribution in [0, 0.1) is 19.3 Å². The molecule has 0 saturated carbocycles. The van der Waals surface area contributed by atoms with Crippen molar-refractivity contribution in [3.05, 3.63) is 56.5 Å². The number of carbonyl (C=O) groups is 3. The minimum Gasteiger partial charge on any atom is -0.493 e. The molecule has 0 spiro atoms. The molecule has 3 rings (SSSR count). The van der Waals surface area contributed by atoms with Crippen LogP contribution in [0.2, 0.25) is 5.02 Å². The number of urea groups is 1. The lowest BCUT2D eigenvalue weighted by Gasteiger charge is -2.26. The van der Waals surface area contributed by atoms with E-state index in [1.54, 1.807) is 31.2 Å². The first kappa shape index (κ1) is 22.4. The number of ether oxygens (including phenoxy) is 2. The molecule has 1 heterocycles. The van der Waals surface area contributed by atoms with Crippen LogP contribution in [-0.2, 0) is 9.59 Å². The van der Waals surface area contributed by atoms with Gasteiger partial charge in [-0.2, -0.15) is 0 Å². The minimum atomic E-state index is -0.858. The Hall–Kier alpha value is -3.28. The number of barbiturate groups is 1. The second kappa shape index (κ2) is 9.25. The lowest BCUT2D eigenvalue weighted by molar-refractivity contribution is -0.122. The van der Waals surface area contributed by atoms with Gasteiger partial charge in [-0.3, -0.25) is 14.9 Å². The number of rotatable bonds is 5. The van der Waals surface area contributed by atoms with E-state index in [2.05, 4.69) is 27.2 Å². The average Bonchev–Trinajstić information content (AvgIpc) is 2.72. The summed E-state index contributed by atoms with van der Waals surface area (Å²) < 4.78 is 11.3. The minimum absolute atomic E-state index is 0.0342. The molecule has 0 bridgehead atoms. The molecule has 7 nitrogen and oxygen atoms in total. The lowest BCUT2D eigenvalue weighted by atomic mass is 10.1. The number of aryl methyl sites for hydroxylation is 1. The summed E-state index contributed by atoms with van der Waals surface area (Å²) >= 11 is 9.50. The number of benzene rings is 2. The SMILES string of the molecule is C#CCOc1c(Br)cc(/C=C2/C(=O)NC(=O)N(c3ccc(C)c(Cl)c3)C2=O)cc1OC. The summed E-state index contributed by atoms with van der Waals surface area (Å²) in [7, 11) is 1.45. The van der Waals surface area contributed by atoms with Crippen LogP contribution in [0.3, 0.4) is 0 Å². The van der Waals surface area contributed by atoms with E-state index in [-0.39, 0.29) is 17.9 Å². The molecule has 158 valence electrons. The van der Waals surface area contributed by atoms with Crippen LogP contribution in [0.5, 0.6) is 11.5 Å². The van der Waals surface area contributed by atoms with Gasteiger partial charge in [0.1, 0.15) is 12.2 Å². The van der Waals surface area contributed by atoms with Crippen molar-refractivity contribution in [3.63, 3.8) is 0 Å². The van der Waals surface area contributed by atoms with Crippen LogP contribution >= 0.6 is 27.5 Å².